The van der Waals surface area contributed by atoms with Gasteiger partial charge >= 0.3 is 0 Å². The summed E-state index contributed by atoms with van der Waals surface area (Å²) in [6.45, 7) is 0. The Bertz CT molecular complexity index is 2460. The maximum absolute atomic E-state index is 2.44. The molecule has 49 heavy (non-hydrogen) atoms. The van der Waals surface area contributed by atoms with Crippen LogP contribution >= 0.6 is 0 Å². The first-order valence-electron chi connectivity index (χ1n) is 17.1. The van der Waals surface area contributed by atoms with Crippen molar-refractivity contribution in [3.8, 4) is 33.4 Å². The first-order valence-corrected chi connectivity index (χ1v) is 17.1. The van der Waals surface area contributed by atoms with E-state index in [2.05, 4.69) is 199 Å². The molecular formula is C48H35N. The third kappa shape index (κ3) is 5.30. The predicted molar refractivity (Wildman–Crippen MR) is 211 cm³/mol. The van der Waals surface area contributed by atoms with Gasteiger partial charge in [-0.2, -0.15) is 0 Å². The summed E-state index contributed by atoms with van der Waals surface area (Å²) in [6.07, 6.45) is 9.83. The van der Waals surface area contributed by atoms with Gasteiger partial charge in [-0.05, 0) is 109 Å². The van der Waals surface area contributed by atoms with E-state index < -0.39 is 0 Å². The lowest BCUT2D eigenvalue weighted by atomic mass is 9.85. The summed E-state index contributed by atoms with van der Waals surface area (Å²) in [7, 11) is 0. The van der Waals surface area contributed by atoms with Crippen LogP contribution in [0.5, 0.6) is 0 Å². The molecule has 1 atom stereocenters. The van der Waals surface area contributed by atoms with Crippen molar-refractivity contribution in [2.24, 2.45) is 0 Å². The summed E-state index contributed by atoms with van der Waals surface area (Å²) in [5.74, 6) is 0. The Labute approximate surface area is 287 Å². The molecule has 1 nitrogen and oxygen atoms in total. The predicted octanol–water partition coefficient (Wildman–Crippen LogP) is 13.2. The van der Waals surface area contributed by atoms with Gasteiger partial charge in [-0.15, -0.1) is 0 Å². The zero-order valence-electron chi connectivity index (χ0n) is 27.2. The SMILES string of the molecule is C1=CCC(N(c2ccccc2)c2ccc(-c3cccc(-c4c5ccccc5c(-c5ccc6ccccc6c5)c5ccccc45)c3)cc2)C=C1. The van der Waals surface area contributed by atoms with Gasteiger partial charge in [-0.3, -0.25) is 0 Å². The van der Waals surface area contributed by atoms with Crippen molar-refractivity contribution in [1.82, 2.24) is 0 Å². The van der Waals surface area contributed by atoms with Gasteiger partial charge in [0.2, 0.25) is 0 Å². The average Bonchev–Trinajstić information content (AvgIpc) is 3.18. The van der Waals surface area contributed by atoms with Gasteiger partial charge in [-0.1, -0.05) is 158 Å². The van der Waals surface area contributed by atoms with Crippen molar-refractivity contribution >= 4 is 43.7 Å². The molecule has 9 rings (SSSR count). The highest BCUT2D eigenvalue weighted by molar-refractivity contribution is 6.21. The van der Waals surface area contributed by atoms with Crippen LogP contribution in [0.3, 0.4) is 0 Å². The van der Waals surface area contributed by atoms with Gasteiger partial charge in [0.05, 0.1) is 6.04 Å². The largest absolute Gasteiger partial charge is 0.334 e. The lowest BCUT2D eigenvalue weighted by Crippen LogP contribution is -2.29. The summed E-state index contributed by atoms with van der Waals surface area (Å²) in [5.41, 5.74) is 9.85. The fraction of sp³-hybridized carbons (Fsp3) is 0.0417. The standard InChI is InChI=1S/C48H35N/c1-3-18-40(19-4-1)49(41-20-5-2-6-21-41)42-30-28-35(29-31-42)37-16-13-17-38(32-37)47-43-22-9-11-24-45(43)48(46-25-12-10-23-44(46)47)39-27-26-34-14-7-8-15-36(34)33-39/h1-20,22-33,41H,21H2. The highest BCUT2D eigenvalue weighted by Gasteiger charge is 2.20. The van der Waals surface area contributed by atoms with Crippen LogP contribution in [0.15, 0.2) is 194 Å². The van der Waals surface area contributed by atoms with Gasteiger partial charge in [0.15, 0.2) is 0 Å². The van der Waals surface area contributed by atoms with Crippen molar-refractivity contribution < 1.29 is 0 Å². The highest BCUT2D eigenvalue weighted by Crippen LogP contribution is 2.44. The van der Waals surface area contributed by atoms with Gasteiger partial charge in [0.25, 0.3) is 0 Å². The van der Waals surface area contributed by atoms with Crippen LogP contribution in [0, 0.1) is 0 Å². The Morgan fingerprint density at radius 3 is 1.59 bits per heavy atom. The minimum atomic E-state index is 0.278. The number of hydrogen-bond donors (Lipinski definition) is 0. The molecule has 1 unspecified atom stereocenters. The first-order chi connectivity index (χ1) is 24.3. The van der Waals surface area contributed by atoms with Gasteiger partial charge < -0.3 is 4.90 Å². The topological polar surface area (TPSA) is 3.24 Å². The number of nitrogens with zero attached hydrogens (tertiary/aromatic N) is 1. The number of fused-ring (bicyclic) bond motifs is 3. The molecule has 0 saturated heterocycles. The molecule has 0 heterocycles. The molecule has 1 heteroatoms. The molecular weight excluding hydrogens is 591 g/mol. The third-order valence-corrected chi connectivity index (χ3v) is 9.92. The second kappa shape index (κ2) is 12.4. The van der Waals surface area contributed by atoms with Gasteiger partial charge in [-0.25, -0.2) is 0 Å². The van der Waals surface area contributed by atoms with Crippen LogP contribution in [0.2, 0.25) is 0 Å². The number of anilines is 2. The minimum absolute atomic E-state index is 0.278. The molecule has 0 spiro atoms. The van der Waals surface area contributed by atoms with E-state index >= 15 is 0 Å². The first kappa shape index (κ1) is 29.0. The van der Waals surface area contributed by atoms with E-state index in [1.54, 1.807) is 0 Å². The third-order valence-electron chi connectivity index (χ3n) is 9.92. The molecule has 0 saturated carbocycles. The maximum Gasteiger partial charge on any atom is 0.0559 e. The summed E-state index contributed by atoms with van der Waals surface area (Å²) in [5, 5.41) is 7.60. The molecule has 0 aliphatic heterocycles. The molecule has 0 radical (unpaired) electrons. The molecule has 0 bridgehead atoms. The summed E-state index contributed by atoms with van der Waals surface area (Å²) < 4.78 is 0. The van der Waals surface area contributed by atoms with Crippen molar-refractivity contribution in [1.29, 1.82) is 0 Å². The Morgan fingerprint density at radius 2 is 0.939 bits per heavy atom. The fourth-order valence-corrected chi connectivity index (χ4v) is 7.64. The number of rotatable bonds is 6. The van der Waals surface area contributed by atoms with Crippen molar-refractivity contribution in [3.63, 3.8) is 0 Å². The van der Waals surface area contributed by atoms with Crippen molar-refractivity contribution in [2.45, 2.75) is 12.5 Å². The molecule has 1 aliphatic rings. The number of hydrogen-bond acceptors (Lipinski definition) is 1. The lowest BCUT2D eigenvalue weighted by Gasteiger charge is -2.32. The van der Waals surface area contributed by atoms with Crippen molar-refractivity contribution in [2.75, 3.05) is 4.90 Å². The van der Waals surface area contributed by atoms with Crippen LogP contribution < -0.4 is 4.90 Å². The van der Waals surface area contributed by atoms with Crippen molar-refractivity contribution in [3.05, 3.63) is 194 Å². The van der Waals surface area contributed by atoms with E-state index in [1.165, 1.54) is 77.1 Å². The Morgan fingerprint density at radius 1 is 0.388 bits per heavy atom. The van der Waals surface area contributed by atoms with E-state index in [4.69, 9.17) is 0 Å². The lowest BCUT2D eigenvalue weighted by molar-refractivity contribution is 0.785. The average molecular weight is 626 g/mol. The molecule has 232 valence electrons. The Balaban J connectivity index is 1.15. The monoisotopic (exact) mass is 625 g/mol. The molecule has 8 aromatic carbocycles. The van der Waals surface area contributed by atoms with Crippen LogP contribution in [0.4, 0.5) is 11.4 Å². The zero-order chi connectivity index (χ0) is 32.6. The molecule has 0 aromatic heterocycles. The van der Waals surface area contributed by atoms with E-state index in [1.807, 2.05) is 0 Å². The number of para-hydroxylation sites is 1. The van der Waals surface area contributed by atoms with Crippen LogP contribution in [-0.2, 0) is 0 Å². The van der Waals surface area contributed by atoms with Gasteiger partial charge in [0.1, 0.15) is 0 Å². The van der Waals surface area contributed by atoms with Crippen LogP contribution in [0.1, 0.15) is 6.42 Å². The van der Waals surface area contributed by atoms with E-state index in [0.717, 1.165) is 6.42 Å². The van der Waals surface area contributed by atoms with E-state index in [-0.39, 0.29) is 6.04 Å². The summed E-state index contributed by atoms with van der Waals surface area (Å²) >= 11 is 0. The van der Waals surface area contributed by atoms with E-state index in [9.17, 15) is 0 Å². The highest BCUT2D eigenvalue weighted by atomic mass is 15.2. The number of allylic oxidation sites excluding steroid dienone is 2. The quantitative estimate of drug-likeness (QED) is 0.166. The second-order valence-corrected chi connectivity index (χ2v) is 12.9. The van der Waals surface area contributed by atoms with Gasteiger partial charge in [0, 0.05) is 11.4 Å². The summed E-state index contributed by atoms with van der Waals surface area (Å²) in [4.78, 5) is 2.44. The van der Waals surface area contributed by atoms with Crippen LogP contribution in [0.25, 0.3) is 65.7 Å². The van der Waals surface area contributed by atoms with E-state index in [0.29, 0.717) is 0 Å². The Kier molecular flexibility index (Phi) is 7.37. The zero-order valence-corrected chi connectivity index (χ0v) is 27.2. The maximum atomic E-state index is 2.44. The molecule has 8 aromatic rings. The Hall–Kier alpha value is -6.18. The normalized spacial score (nSPS) is 14.1. The smallest absolute Gasteiger partial charge is 0.0559 e. The van der Waals surface area contributed by atoms with Crippen LogP contribution in [-0.4, -0.2) is 6.04 Å². The molecule has 0 amide bonds. The number of benzene rings is 8. The molecule has 0 fully saturated rings. The fourth-order valence-electron chi connectivity index (χ4n) is 7.64. The second-order valence-electron chi connectivity index (χ2n) is 12.9. The molecule has 0 N–H and O–H groups in total. The minimum Gasteiger partial charge on any atom is -0.334 e. The molecule has 1 aliphatic carbocycles. The summed E-state index contributed by atoms with van der Waals surface area (Å²) in [6, 6.07) is 62.4.